The van der Waals surface area contributed by atoms with Crippen molar-refractivity contribution in [3.8, 4) is 0 Å². The lowest BCUT2D eigenvalue weighted by atomic mass is 9.74. The maximum Gasteiger partial charge on any atom is 0.0292 e. The van der Waals surface area contributed by atoms with Gasteiger partial charge in [-0.15, -0.1) is 11.7 Å². The first kappa shape index (κ1) is 20.2. The summed E-state index contributed by atoms with van der Waals surface area (Å²) in [6.07, 6.45) is 21.5. The Balaban J connectivity index is 1.75. The SMILES string of the molecule is SSCc1c(C2CCCCC2)cc(C2CCCCC2)cc1C1CCCCC1. The molecule has 0 aliphatic heterocycles. The van der Waals surface area contributed by atoms with Gasteiger partial charge >= 0.3 is 0 Å². The first-order valence-corrected chi connectivity index (χ1v) is 13.8. The molecule has 1 aromatic carbocycles. The van der Waals surface area contributed by atoms with E-state index in [1.165, 1.54) is 96.3 Å². The highest BCUT2D eigenvalue weighted by molar-refractivity contribution is 8.68. The van der Waals surface area contributed by atoms with Gasteiger partial charge in [-0.2, -0.15) is 0 Å². The third-order valence-corrected chi connectivity index (χ3v) is 8.52. The summed E-state index contributed by atoms with van der Waals surface area (Å²) in [6, 6.07) is 5.38. The van der Waals surface area contributed by atoms with E-state index in [-0.39, 0.29) is 0 Å². The van der Waals surface area contributed by atoms with E-state index < -0.39 is 0 Å². The number of rotatable bonds is 5. The summed E-state index contributed by atoms with van der Waals surface area (Å²) < 4.78 is 0. The molecule has 2 heteroatoms. The third-order valence-electron chi connectivity index (χ3n) is 7.72. The van der Waals surface area contributed by atoms with Crippen molar-refractivity contribution in [3.05, 3.63) is 34.4 Å². The lowest BCUT2D eigenvalue weighted by Crippen LogP contribution is -2.15. The van der Waals surface area contributed by atoms with Crippen LogP contribution in [0, 0.1) is 0 Å². The van der Waals surface area contributed by atoms with Gasteiger partial charge in [0.05, 0.1) is 0 Å². The lowest BCUT2D eigenvalue weighted by molar-refractivity contribution is 0.425. The molecule has 3 aliphatic carbocycles. The minimum absolute atomic E-state index is 0.820. The van der Waals surface area contributed by atoms with E-state index in [4.69, 9.17) is 0 Å². The third kappa shape index (κ3) is 4.92. The van der Waals surface area contributed by atoms with Crippen molar-refractivity contribution in [1.82, 2.24) is 0 Å². The molecule has 0 bridgehead atoms. The Bertz CT molecular complexity index is 551. The molecule has 150 valence electrons. The summed E-state index contributed by atoms with van der Waals surface area (Å²) in [5.41, 5.74) is 6.91. The van der Waals surface area contributed by atoms with E-state index in [1.54, 1.807) is 33.0 Å². The van der Waals surface area contributed by atoms with Gasteiger partial charge in [0, 0.05) is 5.75 Å². The van der Waals surface area contributed by atoms with E-state index in [1.807, 2.05) is 0 Å². The second-order valence-electron chi connectivity index (χ2n) is 9.46. The van der Waals surface area contributed by atoms with Gasteiger partial charge in [-0.1, -0.05) is 80.7 Å². The van der Waals surface area contributed by atoms with Crippen LogP contribution >= 0.6 is 22.5 Å². The number of hydrogen-bond acceptors (Lipinski definition) is 2. The molecule has 0 N–H and O–H groups in total. The van der Waals surface area contributed by atoms with E-state index in [0.29, 0.717) is 0 Å². The summed E-state index contributed by atoms with van der Waals surface area (Å²) >= 11 is 4.60. The molecule has 0 radical (unpaired) electrons. The summed E-state index contributed by atoms with van der Waals surface area (Å²) in [4.78, 5) is 0. The maximum absolute atomic E-state index is 4.60. The molecule has 27 heavy (non-hydrogen) atoms. The standard InChI is InChI=1S/C25H38S2/c26-27-18-25-23(20-12-6-2-7-13-20)16-22(19-10-4-1-5-11-19)17-24(25)21-14-8-3-9-15-21/h16-17,19-21,26H,1-15,18H2. The highest BCUT2D eigenvalue weighted by Crippen LogP contribution is 2.45. The zero-order chi connectivity index (χ0) is 18.5. The topological polar surface area (TPSA) is 0 Å². The number of hydrogen-bond donors (Lipinski definition) is 1. The van der Waals surface area contributed by atoms with Gasteiger partial charge in [0.1, 0.15) is 0 Å². The predicted octanol–water partition coefficient (Wildman–Crippen LogP) is 8.91. The summed E-state index contributed by atoms with van der Waals surface area (Å²) in [7, 11) is 1.75. The van der Waals surface area contributed by atoms with Gasteiger partial charge in [-0.05, 0) is 78.5 Å². The molecule has 0 spiro atoms. The molecule has 0 saturated heterocycles. The van der Waals surface area contributed by atoms with Crippen LogP contribution in [0.15, 0.2) is 12.1 Å². The van der Waals surface area contributed by atoms with E-state index >= 15 is 0 Å². The van der Waals surface area contributed by atoms with Gasteiger partial charge in [0.2, 0.25) is 0 Å². The molecule has 0 aromatic heterocycles. The van der Waals surface area contributed by atoms with Crippen LogP contribution < -0.4 is 0 Å². The van der Waals surface area contributed by atoms with Crippen molar-refractivity contribution in [2.75, 3.05) is 0 Å². The molecular weight excluding hydrogens is 364 g/mol. The van der Waals surface area contributed by atoms with Crippen LogP contribution in [0.5, 0.6) is 0 Å². The average molecular weight is 403 g/mol. The fraction of sp³-hybridized carbons (Fsp3) is 0.760. The number of benzene rings is 1. The Kier molecular flexibility index (Phi) is 7.56. The van der Waals surface area contributed by atoms with Crippen LogP contribution in [0.4, 0.5) is 0 Å². The molecule has 0 unspecified atom stereocenters. The first-order valence-electron chi connectivity index (χ1n) is 11.8. The molecule has 3 aliphatic rings. The maximum atomic E-state index is 4.60. The fourth-order valence-electron chi connectivity index (χ4n) is 6.20. The molecule has 0 nitrogen and oxygen atoms in total. The summed E-state index contributed by atoms with van der Waals surface area (Å²) in [6.45, 7) is 0. The van der Waals surface area contributed by atoms with Crippen molar-refractivity contribution >= 4 is 22.5 Å². The molecule has 0 amide bonds. The van der Waals surface area contributed by atoms with Crippen LogP contribution in [-0.4, -0.2) is 0 Å². The quantitative estimate of drug-likeness (QED) is 0.379. The van der Waals surface area contributed by atoms with E-state index in [2.05, 4.69) is 23.8 Å². The predicted molar refractivity (Wildman–Crippen MR) is 124 cm³/mol. The van der Waals surface area contributed by atoms with Crippen molar-refractivity contribution in [3.63, 3.8) is 0 Å². The fourth-order valence-corrected chi connectivity index (χ4v) is 7.05. The lowest BCUT2D eigenvalue weighted by Gasteiger charge is -2.32. The molecule has 1 aromatic rings. The van der Waals surface area contributed by atoms with Crippen molar-refractivity contribution in [2.24, 2.45) is 0 Å². The second-order valence-corrected chi connectivity index (χ2v) is 10.8. The Labute approximate surface area is 176 Å². The zero-order valence-corrected chi connectivity index (χ0v) is 18.8. The molecule has 4 rings (SSSR count). The molecule has 3 fully saturated rings. The zero-order valence-electron chi connectivity index (χ0n) is 17.1. The van der Waals surface area contributed by atoms with Gasteiger partial charge in [0.25, 0.3) is 0 Å². The normalized spacial score (nSPS) is 23.6. The highest BCUT2D eigenvalue weighted by Gasteiger charge is 2.27. The van der Waals surface area contributed by atoms with E-state index in [0.717, 1.165) is 23.5 Å². The van der Waals surface area contributed by atoms with Crippen molar-refractivity contribution < 1.29 is 0 Å². The summed E-state index contributed by atoms with van der Waals surface area (Å²) in [5, 5.41) is 0. The largest absolute Gasteiger partial charge is 0.111 e. The average Bonchev–Trinajstić information content (AvgIpc) is 2.76. The smallest absolute Gasteiger partial charge is 0.0292 e. The van der Waals surface area contributed by atoms with Crippen LogP contribution in [0.3, 0.4) is 0 Å². The minimum Gasteiger partial charge on any atom is -0.111 e. The Hall–Kier alpha value is -0.0800. The Morgan fingerprint density at radius 1 is 0.630 bits per heavy atom. The van der Waals surface area contributed by atoms with Crippen LogP contribution in [-0.2, 0) is 5.75 Å². The highest BCUT2D eigenvalue weighted by atomic mass is 33.1. The minimum atomic E-state index is 0.820. The first-order chi connectivity index (χ1) is 13.4. The second kappa shape index (κ2) is 10.1. The van der Waals surface area contributed by atoms with E-state index in [9.17, 15) is 0 Å². The van der Waals surface area contributed by atoms with Crippen molar-refractivity contribution in [1.29, 1.82) is 0 Å². The van der Waals surface area contributed by atoms with Crippen LogP contribution in [0.1, 0.15) is 136 Å². The van der Waals surface area contributed by atoms with Crippen molar-refractivity contribution in [2.45, 2.75) is 120 Å². The molecular formula is C25H38S2. The Morgan fingerprint density at radius 2 is 1.04 bits per heavy atom. The van der Waals surface area contributed by atoms with Gasteiger partial charge in [-0.25, -0.2) is 0 Å². The van der Waals surface area contributed by atoms with Gasteiger partial charge in [-0.3, -0.25) is 0 Å². The van der Waals surface area contributed by atoms with Gasteiger partial charge in [0.15, 0.2) is 0 Å². The molecule has 3 saturated carbocycles. The monoisotopic (exact) mass is 402 g/mol. The molecule has 0 heterocycles. The Morgan fingerprint density at radius 3 is 1.44 bits per heavy atom. The summed E-state index contributed by atoms with van der Waals surface area (Å²) in [5.74, 6) is 3.58. The molecule has 0 atom stereocenters. The van der Waals surface area contributed by atoms with Crippen LogP contribution in [0.25, 0.3) is 0 Å². The van der Waals surface area contributed by atoms with Crippen LogP contribution in [0.2, 0.25) is 0 Å². The number of thiol groups is 1. The van der Waals surface area contributed by atoms with Gasteiger partial charge < -0.3 is 0 Å².